The average molecular weight is 190 g/mol. The molecule has 0 aliphatic heterocycles. The first-order valence-corrected chi connectivity index (χ1v) is 5.56. The van der Waals surface area contributed by atoms with Gasteiger partial charge in [-0.25, -0.2) is 0 Å². The molecule has 0 saturated carbocycles. The van der Waals surface area contributed by atoms with Crippen molar-refractivity contribution in [1.82, 2.24) is 0 Å². The highest BCUT2D eigenvalue weighted by Crippen LogP contribution is 2.00. The first-order chi connectivity index (χ1) is 6.85. The van der Waals surface area contributed by atoms with Crippen molar-refractivity contribution in [2.75, 3.05) is 0 Å². The zero-order valence-electron chi connectivity index (χ0n) is 9.66. The summed E-state index contributed by atoms with van der Waals surface area (Å²) in [5.74, 6) is 0. The average Bonchev–Trinajstić information content (AvgIpc) is 2.28. The molecular weight excluding hydrogens is 168 g/mol. The summed E-state index contributed by atoms with van der Waals surface area (Å²) in [6.07, 6.45) is 8.05. The zero-order chi connectivity index (χ0) is 10.6. The summed E-state index contributed by atoms with van der Waals surface area (Å²) in [5.41, 5.74) is 1.28. The first kappa shape index (κ1) is 13.0. The van der Waals surface area contributed by atoms with Crippen molar-refractivity contribution in [2.24, 2.45) is 0 Å². The minimum atomic E-state index is 1.11. The number of hydrogen-bond acceptors (Lipinski definition) is 0. The molecule has 0 nitrogen and oxygen atoms in total. The lowest BCUT2D eigenvalue weighted by Crippen LogP contribution is -1.66. The van der Waals surface area contributed by atoms with Crippen LogP contribution in [0.25, 0.3) is 6.08 Å². The Hall–Kier alpha value is -1.04. The van der Waals surface area contributed by atoms with E-state index in [-0.39, 0.29) is 0 Å². The lowest BCUT2D eigenvalue weighted by molar-refractivity contribution is 0.886. The van der Waals surface area contributed by atoms with Crippen LogP contribution in [-0.4, -0.2) is 0 Å². The van der Waals surface area contributed by atoms with E-state index in [0.717, 1.165) is 6.42 Å². The minimum absolute atomic E-state index is 1.11. The number of unbranched alkanes of at least 4 members (excludes halogenated alkanes) is 1. The highest BCUT2D eigenvalue weighted by molar-refractivity contribution is 5.48. The lowest BCUT2D eigenvalue weighted by Gasteiger charge is -1.88. The van der Waals surface area contributed by atoms with Crippen LogP contribution in [-0.2, 0) is 0 Å². The lowest BCUT2D eigenvalue weighted by atomic mass is 10.2. The molecule has 0 amide bonds. The Balaban J connectivity index is 0.000000364. The standard InChI is InChI=1S/C10H12.C4H10/c1-2-3-7-10-8-5-4-6-9-10;1-3-4-2/h3-9H,2H2,1H3;3-4H2,1-2H3. The molecule has 0 unspecified atom stereocenters. The summed E-state index contributed by atoms with van der Waals surface area (Å²) in [6, 6.07) is 10.3. The van der Waals surface area contributed by atoms with Crippen LogP contribution in [0.15, 0.2) is 36.4 Å². The van der Waals surface area contributed by atoms with Crippen molar-refractivity contribution < 1.29 is 0 Å². The molecule has 0 heteroatoms. The highest BCUT2D eigenvalue weighted by Gasteiger charge is 1.78. The molecule has 0 radical (unpaired) electrons. The molecule has 0 N–H and O–H groups in total. The molecule has 0 saturated heterocycles. The van der Waals surface area contributed by atoms with Crippen molar-refractivity contribution in [3.63, 3.8) is 0 Å². The second-order valence-corrected chi connectivity index (χ2v) is 3.22. The second kappa shape index (κ2) is 10.0. The minimum Gasteiger partial charge on any atom is -0.0842 e. The molecule has 1 rings (SSSR count). The van der Waals surface area contributed by atoms with Gasteiger partial charge in [-0.1, -0.05) is 76.1 Å². The van der Waals surface area contributed by atoms with E-state index in [1.54, 1.807) is 0 Å². The SMILES string of the molecule is CCC=Cc1ccccc1.CCCC. The fourth-order valence-corrected chi connectivity index (χ4v) is 0.818. The summed E-state index contributed by atoms with van der Waals surface area (Å²) < 4.78 is 0. The predicted octanol–water partition coefficient (Wildman–Crippen LogP) is 4.92. The second-order valence-electron chi connectivity index (χ2n) is 3.22. The molecular formula is C14H22. The Morgan fingerprint density at radius 2 is 1.50 bits per heavy atom. The van der Waals surface area contributed by atoms with Crippen LogP contribution >= 0.6 is 0 Å². The van der Waals surface area contributed by atoms with Gasteiger partial charge in [0.1, 0.15) is 0 Å². The van der Waals surface area contributed by atoms with Gasteiger partial charge in [0.25, 0.3) is 0 Å². The van der Waals surface area contributed by atoms with E-state index in [2.05, 4.69) is 57.2 Å². The maximum Gasteiger partial charge on any atom is -0.0260 e. The van der Waals surface area contributed by atoms with E-state index in [9.17, 15) is 0 Å². The first-order valence-electron chi connectivity index (χ1n) is 5.56. The molecule has 0 aliphatic rings. The number of allylic oxidation sites excluding steroid dienone is 1. The summed E-state index contributed by atoms with van der Waals surface area (Å²) in [5, 5.41) is 0. The van der Waals surface area contributed by atoms with Gasteiger partial charge < -0.3 is 0 Å². The number of rotatable bonds is 3. The molecule has 0 atom stereocenters. The Morgan fingerprint density at radius 3 is 1.93 bits per heavy atom. The van der Waals surface area contributed by atoms with Crippen molar-refractivity contribution in [2.45, 2.75) is 40.0 Å². The third-order valence-corrected chi connectivity index (χ3v) is 1.85. The summed E-state index contributed by atoms with van der Waals surface area (Å²) in [4.78, 5) is 0. The Labute approximate surface area is 88.7 Å². The van der Waals surface area contributed by atoms with Gasteiger partial charge in [0.05, 0.1) is 0 Å². The van der Waals surface area contributed by atoms with Gasteiger partial charge in [-0.3, -0.25) is 0 Å². The van der Waals surface area contributed by atoms with Crippen LogP contribution in [0, 0.1) is 0 Å². The van der Waals surface area contributed by atoms with E-state index in [1.807, 2.05) is 6.07 Å². The van der Waals surface area contributed by atoms with Gasteiger partial charge >= 0.3 is 0 Å². The maximum atomic E-state index is 2.18. The fraction of sp³-hybridized carbons (Fsp3) is 0.429. The van der Waals surface area contributed by atoms with Gasteiger partial charge in [0.2, 0.25) is 0 Å². The third-order valence-electron chi connectivity index (χ3n) is 1.85. The summed E-state index contributed by atoms with van der Waals surface area (Å²) in [7, 11) is 0. The number of benzene rings is 1. The molecule has 78 valence electrons. The van der Waals surface area contributed by atoms with Crippen LogP contribution in [0.3, 0.4) is 0 Å². The van der Waals surface area contributed by atoms with Crippen LogP contribution in [0.1, 0.15) is 45.6 Å². The molecule has 0 fully saturated rings. The van der Waals surface area contributed by atoms with Crippen LogP contribution in [0.4, 0.5) is 0 Å². The van der Waals surface area contributed by atoms with Crippen molar-refractivity contribution in [1.29, 1.82) is 0 Å². The molecule has 0 aromatic heterocycles. The fourth-order valence-electron chi connectivity index (χ4n) is 0.818. The van der Waals surface area contributed by atoms with Gasteiger partial charge in [-0.2, -0.15) is 0 Å². The largest absolute Gasteiger partial charge is 0.0842 e. The molecule has 1 aromatic carbocycles. The smallest absolute Gasteiger partial charge is 0.0260 e. The van der Waals surface area contributed by atoms with Crippen LogP contribution in [0.5, 0.6) is 0 Å². The van der Waals surface area contributed by atoms with E-state index in [1.165, 1.54) is 18.4 Å². The molecule has 1 aromatic rings. The van der Waals surface area contributed by atoms with Crippen molar-refractivity contribution in [3.8, 4) is 0 Å². The van der Waals surface area contributed by atoms with Gasteiger partial charge in [0, 0.05) is 0 Å². The van der Waals surface area contributed by atoms with Gasteiger partial charge in [0.15, 0.2) is 0 Å². The Bertz CT molecular complexity index is 219. The highest BCUT2D eigenvalue weighted by atomic mass is 13.8. The third kappa shape index (κ3) is 7.60. The molecule has 0 bridgehead atoms. The van der Waals surface area contributed by atoms with E-state index in [4.69, 9.17) is 0 Å². The Kier molecular flexibility index (Phi) is 9.30. The van der Waals surface area contributed by atoms with Gasteiger partial charge in [-0.15, -0.1) is 0 Å². The summed E-state index contributed by atoms with van der Waals surface area (Å²) in [6.45, 7) is 6.50. The van der Waals surface area contributed by atoms with Crippen LogP contribution < -0.4 is 0 Å². The molecule has 0 aliphatic carbocycles. The quantitative estimate of drug-likeness (QED) is 0.635. The van der Waals surface area contributed by atoms with Gasteiger partial charge in [-0.05, 0) is 12.0 Å². The van der Waals surface area contributed by atoms with Crippen molar-refractivity contribution >= 4 is 6.08 Å². The predicted molar refractivity (Wildman–Crippen MR) is 66.3 cm³/mol. The van der Waals surface area contributed by atoms with Crippen molar-refractivity contribution in [3.05, 3.63) is 42.0 Å². The molecule has 0 heterocycles. The maximum absolute atomic E-state index is 2.18. The van der Waals surface area contributed by atoms with E-state index in [0.29, 0.717) is 0 Å². The normalized spacial score (nSPS) is 9.64. The van der Waals surface area contributed by atoms with E-state index >= 15 is 0 Å². The topological polar surface area (TPSA) is 0 Å². The van der Waals surface area contributed by atoms with Crippen LogP contribution in [0.2, 0.25) is 0 Å². The molecule has 0 spiro atoms. The monoisotopic (exact) mass is 190 g/mol. The van der Waals surface area contributed by atoms with E-state index < -0.39 is 0 Å². The zero-order valence-corrected chi connectivity index (χ0v) is 9.66. The Morgan fingerprint density at radius 1 is 0.929 bits per heavy atom. The summed E-state index contributed by atoms with van der Waals surface area (Å²) >= 11 is 0. The molecule has 14 heavy (non-hydrogen) atoms. The number of hydrogen-bond donors (Lipinski definition) is 0.